The first-order valence-electron chi connectivity index (χ1n) is 11.9. The molecule has 1 atom stereocenters. The van der Waals surface area contributed by atoms with Crippen LogP contribution in [0.3, 0.4) is 0 Å². The number of hydrogen-bond donors (Lipinski definition) is 0. The summed E-state index contributed by atoms with van der Waals surface area (Å²) in [6.45, 7) is 0. The van der Waals surface area contributed by atoms with E-state index in [1.54, 1.807) is 0 Å². The highest BCUT2D eigenvalue weighted by Crippen LogP contribution is 2.50. The molecule has 5 aromatic carbocycles. The Kier molecular flexibility index (Phi) is 5.37. The fraction of sp³-hybridized carbons (Fsp3) is 0.125. The van der Waals surface area contributed by atoms with Crippen LogP contribution in [0.2, 0.25) is 0 Å². The van der Waals surface area contributed by atoms with Crippen LogP contribution in [0.4, 0.5) is 0 Å². The molecule has 5 aromatic rings. The van der Waals surface area contributed by atoms with E-state index in [4.69, 9.17) is 9.47 Å². The van der Waals surface area contributed by atoms with Crippen molar-refractivity contribution >= 4 is 10.8 Å². The molecule has 0 spiro atoms. The fourth-order valence-corrected chi connectivity index (χ4v) is 5.07. The van der Waals surface area contributed by atoms with Gasteiger partial charge in [-0.05, 0) is 28.5 Å². The van der Waals surface area contributed by atoms with Gasteiger partial charge in [-0.3, -0.25) is 0 Å². The van der Waals surface area contributed by atoms with Crippen LogP contribution in [-0.2, 0) is 16.8 Å². The van der Waals surface area contributed by atoms with Crippen molar-refractivity contribution in [2.45, 2.75) is 24.7 Å². The molecule has 0 bridgehead atoms. The Hall–Kier alpha value is -3.88. The van der Waals surface area contributed by atoms with E-state index in [0.29, 0.717) is 0 Å². The van der Waals surface area contributed by atoms with E-state index in [-0.39, 0.29) is 6.29 Å². The van der Waals surface area contributed by atoms with Crippen molar-refractivity contribution in [2.24, 2.45) is 0 Å². The molecule has 0 aromatic heterocycles. The number of rotatable bonds is 5. The molecule has 34 heavy (non-hydrogen) atoms. The van der Waals surface area contributed by atoms with Crippen LogP contribution in [0.25, 0.3) is 10.8 Å². The van der Waals surface area contributed by atoms with Gasteiger partial charge in [-0.2, -0.15) is 0 Å². The summed E-state index contributed by atoms with van der Waals surface area (Å²) in [5.41, 5.74) is 3.76. The van der Waals surface area contributed by atoms with Crippen molar-refractivity contribution in [3.8, 4) is 5.75 Å². The first kappa shape index (κ1) is 20.7. The topological polar surface area (TPSA) is 18.5 Å². The van der Waals surface area contributed by atoms with Crippen molar-refractivity contribution in [1.29, 1.82) is 0 Å². The standard InChI is InChI=1S/C32H26O2/c1-4-12-24(13-5-1)20-23-30-33-31-28-19-11-10-14-25(28)21-22-29(31)32(34-30,26-15-6-2-7-16-26)27-17-8-3-9-18-27/h1-19,21-22,30H,20,23H2. The molecule has 0 N–H and O–H groups in total. The zero-order valence-corrected chi connectivity index (χ0v) is 18.9. The minimum atomic E-state index is -0.762. The van der Waals surface area contributed by atoms with Gasteiger partial charge in [-0.25, -0.2) is 0 Å². The van der Waals surface area contributed by atoms with Gasteiger partial charge in [0.05, 0.1) is 0 Å². The van der Waals surface area contributed by atoms with Crippen LogP contribution in [0.5, 0.6) is 5.75 Å². The predicted molar refractivity (Wildman–Crippen MR) is 137 cm³/mol. The lowest BCUT2D eigenvalue weighted by atomic mass is 9.78. The number of ether oxygens (including phenoxy) is 2. The first-order chi connectivity index (χ1) is 16.8. The maximum absolute atomic E-state index is 7.02. The molecule has 0 amide bonds. The Bertz CT molecular complexity index is 1360. The average Bonchev–Trinajstić information content (AvgIpc) is 2.93. The van der Waals surface area contributed by atoms with E-state index in [0.717, 1.165) is 40.7 Å². The van der Waals surface area contributed by atoms with Gasteiger partial charge in [0.1, 0.15) is 5.75 Å². The van der Waals surface area contributed by atoms with Crippen molar-refractivity contribution in [1.82, 2.24) is 0 Å². The zero-order valence-electron chi connectivity index (χ0n) is 18.9. The van der Waals surface area contributed by atoms with Crippen LogP contribution >= 0.6 is 0 Å². The van der Waals surface area contributed by atoms with Gasteiger partial charge in [-0.15, -0.1) is 0 Å². The van der Waals surface area contributed by atoms with Gasteiger partial charge in [0.25, 0.3) is 0 Å². The molecule has 0 saturated heterocycles. The van der Waals surface area contributed by atoms with Crippen LogP contribution in [0, 0.1) is 0 Å². The van der Waals surface area contributed by atoms with Crippen LogP contribution < -0.4 is 4.74 Å². The van der Waals surface area contributed by atoms with Crippen molar-refractivity contribution in [2.75, 3.05) is 0 Å². The summed E-state index contributed by atoms with van der Waals surface area (Å²) < 4.78 is 13.7. The summed E-state index contributed by atoms with van der Waals surface area (Å²) in [6, 6.07) is 44.4. The van der Waals surface area contributed by atoms with Gasteiger partial charge in [0, 0.05) is 17.4 Å². The summed E-state index contributed by atoms with van der Waals surface area (Å²) in [6.07, 6.45) is 1.25. The molecule has 0 radical (unpaired) electrons. The monoisotopic (exact) mass is 442 g/mol. The molecule has 2 heteroatoms. The number of hydrogen-bond acceptors (Lipinski definition) is 2. The molecule has 0 saturated carbocycles. The van der Waals surface area contributed by atoms with E-state index >= 15 is 0 Å². The maximum atomic E-state index is 7.02. The molecule has 0 fully saturated rings. The smallest absolute Gasteiger partial charge is 0.202 e. The van der Waals surface area contributed by atoms with Gasteiger partial charge in [-0.1, -0.05) is 127 Å². The lowest BCUT2D eigenvalue weighted by molar-refractivity contribution is -0.164. The van der Waals surface area contributed by atoms with Gasteiger partial charge in [0.15, 0.2) is 5.60 Å². The van der Waals surface area contributed by atoms with E-state index in [2.05, 4.69) is 127 Å². The van der Waals surface area contributed by atoms with Gasteiger partial charge < -0.3 is 9.47 Å². The van der Waals surface area contributed by atoms with Crippen LogP contribution in [0.15, 0.2) is 127 Å². The SMILES string of the molecule is c1ccc(CCC2Oc3c(ccc4ccccc34)C(c3ccccc3)(c3ccccc3)O2)cc1. The summed E-state index contributed by atoms with van der Waals surface area (Å²) in [4.78, 5) is 0. The quantitative estimate of drug-likeness (QED) is 0.281. The predicted octanol–water partition coefficient (Wildman–Crippen LogP) is 7.50. The zero-order chi connectivity index (χ0) is 22.8. The molecular weight excluding hydrogens is 416 g/mol. The summed E-state index contributed by atoms with van der Waals surface area (Å²) in [5.74, 6) is 0.912. The highest BCUT2D eigenvalue weighted by Gasteiger charge is 2.46. The molecule has 1 heterocycles. The maximum Gasteiger partial charge on any atom is 0.202 e. The fourth-order valence-electron chi connectivity index (χ4n) is 5.07. The normalized spacial score (nSPS) is 16.5. The Balaban J connectivity index is 1.55. The molecule has 0 aliphatic carbocycles. The molecule has 1 aliphatic rings. The minimum absolute atomic E-state index is 0.390. The second kappa shape index (κ2) is 8.81. The summed E-state index contributed by atoms with van der Waals surface area (Å²) in [7, 11) is 0. The third-order valence-corrected chi connectivity index (χ3v) is 6.69. The van der Waals surface area contributed by atoms with E-state index < -0.39 is 5.60 Å². The number of aryl methyl sites for hydroxylation is 1. The third-order valence-electron chi connectivity index (χ3n) is 6.69. The van der Waals surface area contributed by atoms with Crippen molar-refractivity contribution in [3.63, 3.8) is 0 Å². The summed E-state index contributed by atoms with van der Waals surface area (Å²) in [5, 5.41) is 2.28. The first-order valence-corrected chi connectivity index (χ1v) is 11.9. The summed E-state index contributed by atoms with van der Waals surface area (Å²) >= 11 is 0. The Labute approximate surface area is 200 Å². The molecule has 1 unspecified atom stereocenters. The van der Waals surface area contributed by atoms with Crippen molar-refractivity contribution < 1.29 is 9.47 Å². The van der Waals surface area contributed by atoms with Crippen LogP contribution in [0.1, 0.15) is 28.7 Å². The number of fused-ring (bicyclic) bond motifs is 3. The van der Waals surface area contributed by atoms with E-state index in [1.807, 2.05) is 0 Å². The lowest BCUT2D eigenvalue weighted by Gasteiger charge is -2.44. The van der Waals surface area contributed by atoms with Crippen LogP contribution in [-0.4, -0.2) is 6.29 Å². The molecule has 6 rings (SSSR count). The van der Waals surface area contributed by atoms with E-state index in [9.17, 15) is 0 Å². The Morgan fingerprint density at radius 2 is 1.18 bits per heavy atom. The van der Waals surface area contributed by atoms with E-state index in [1.165, 1.54) is 10.9 Å². The third kappa shape index (κ3) is 3.57. The second-order valence-corrected chi connectivity index (χ2v) is 8.77. The van der Waals surface area contributed by atoms with Gasteiger partial charge >= 0.3 is 0 Å². The highest BCUT2D eigenvalue weighted by atomic mass is 16.7. The van der Waals surface area contributed by atoms with Gasteiger partial charge in [0.2, 0.25) is 6.29 Å². The highest BCUT2D eigenvalue weighted by molar-refractivity contribution is 5.90. The molecule has 166 valence electrons. The number of benzene rings is 5. The average molecular weight is 443 g/mol. The second-order valence-electron chi connectivity index (χ2n) is 8.77. The molecule has 1 aliphatic heterocycles. The largest absolute Gasteiger partial charge is 0.464 e. The van der Waals surface area contributed by atoms with Crippen molar-refractivity contribution in [3.05, 3.63) is 150 Å². The Morgan fingerprint density at radius 1 is 0.588 bits per heavy atom. The minimum Gasteiger partial charge on any atom is -0.464 e. The lowest BCUT2D eigenvalue weighted by Crippen LogP contribution is -2.43. The molecular formula is C32H26O2. The molecule has 2 nitrogen and oxygen atoms in total. The Morgan fingerprint density at radius 3 is 1.85 bits per heavy atom.